The highest BCUT2D eigenvalue weighted by molar-refractivity contribution is 6.30. The van der Waals surface area contributed by atoms with Crippen LogP contribution in [-0.4, -0.2) is 31.8 Å². The molecule has 0 bridgehead atoms. The van der Waals surface area contributed by atoms with Crippen molar-refractivity contribution in [1.82, 2.24) is 25.1 Å². The van der Waals surface area contributed by atoms with Crippen LogP contribution < -0.4 is 10.9 Å². The number of carbonyl (C=O) groups excluding carboxylic acids is 1. The van der Waals surface area contributed by atoms with E-state index in [2.05, 4.69) is 20.6 Å². The van der Waals surface area contributed by atoms with Crippen LogP contribution in [-0.2, 0) is 0 Å². The van der Waals surface area contributed by atoms with Gasteiger partial charge >= 0.3 is 0 Å². The summed E-state index contributed by atoms with van der Waals surface area (Å²) in [5, 5.41) is 11.6. The number of aromatic nitrogens is 4. The molecule has 0 atom stereocenters. The maximum Gasteiger partial charge on any atom is 0.276 e. The molecule has 7 nitrogen and oxygen atoms in total. The van der Waals surface area contributed by atoms with Crippen molar-refractivity contribution in [3.05, 3.63) is 51.5 Å². The average molecular weight is 400 g/mol. The average Bonchev–Trinajstić information content (AvgIpc) is 3.09. The Kier molecular flexibility index (Phi) is 5.43. The number of amides is 1. The third-order valence-electron chi connectivity index (χ3n) is 5.22. The van der Waals surface area contributed by atoms with E-state index in [4.69, 9.17) is 11.6 Å². The van der Waals surface area contributed by atoms with Gasteiger partial charge in [-0.05, 0) is 30.5 Å². The van der Waals surface area contributed by atoms with E-state index in [0.717, 1.165) is 31.2 Å². The third kappa shape index (κ3) is 3.94. The van der Waals surface area contributed by atoms with Crippen LogP contribution in [0.1, 0.15) is 55.4 Å². The number of hydrogen-bond donors (Lipinski definition) is 2. The molecule has 2 heterocycles. The van der Waals surface area contributed by atoms with Gasteiger partial charge in [-0.25, -0.2) is 4.52 Å². The number of benzene rings is 1. The van der Waals surface area contributed by atoms with Gasteiger partial charge in [0.2, 0.25) is 0 Å². The SMILES string of the molecule is O=C(NC1CCCCCCC1)c1nnn2cc(-c3ccc(Cl)cc3)[nH]c(=O)c12. The lowest BCUT2D eigenvalue weighted by atomic mass is 9.96. The molecular weight excluding hydrogens is 378 g/mol. The van der Waals surface area contributed by atoms with Gasteiger partial charge in [-0.3, -0.25) is 9.59 Å². The molecule has 2 N–H and O–H groups in total. The zero-order valence-electron chi connectivity index (χ0n) is 15.4. The summed E-state index contributed by atoms with van der Waals surface area (Å²) in [5.74, 6) is -0.342. The summed E-state index contributed by atoms with van der Waals surface area (Å²) in [6.07, 6.45) is 9.46. The van der Waals surface area contributed by atoms with Gasteiger partial charge in [0.1, 0.15) is 0 Å². The quantitative estimate of drug-likeness (QED) is 0.704. The van der Waals surface area contributed by atoms with E-state index in [-0.39, 0.29) is 23.2 Å². The summed E-state index contributed by atoms with van der Waals surface area (Å²) in [5.41, 5.74) is 1.18. The molecule has 0 spiro atoms. The molecule has 0 aliphatic heterocycles. The highest BCUT2D eigenvalue weighted by Gasteiger charge is 2.22. The van der Waals surface area contributed by atoms with Gasteiger partial charge in [0.15, 0.2) is 11.2 Å². The number of nitrogens with one attached hydrogen (secondary N) is 2. The van der Waals surface area contributed by atoms with Crippen LogP contribution in [0, 0.1) is 0 Å². The Balaban J connectivity index is 1.60. The summed E-state index contributed by atoms with van der Waals surface area (Å²) < 4.78 is 1.36. The van der Waals surface area contributed by atoms with E-state index in [1.807, 2.05) is 0 Å². The van der Waals surface area contributed by atoms with Gasteiger partial charge in [0.25, 0.3) is 11.5 Å². The van der Waals surface area contributed by atoms with Crippen molar-refractivity contribution >= 4 is 23.0 Å². The van der Waals surface area contributed by atoms with Crippen LogP contribution in [0.25, 0.3) is 16.8 Å². The molecule has 3 aromatic rings. The van der Waals surface area contributed by atoms with Crippen molar-refractivity contribution in [3.8, 4) is 11.3 Å². The second-order valence-electron chi connectivity index (χ2n) is 7.25. The predicted molar refractivity (Wildman–Crippen MR) is 108 cm³/mol. The van der Waals surface area contributed by atoms with Gasteiger partial charge in [0.05, 0.1) is 11.9 Å². The van der Waals surface area contributed by atoms with Gasteiger partial charge < -0.3 is 10.3 Å². The second-order valence-corrected chi connectivity index (χ2v) is 7.69. The Hall–Kier alpha value is -2.67. The largest absolute Gasteiger partial charge is 0.348 e. The highest BCUT2D eigenvalue weighted by Crippen LogP contribution is 2.20. The zero-order valence-corrected chi connectivity index (χ0v) is 16.2. The Morgan fingerprint density at radius 1 is 1.11 bits per heavy atom. The molecule has 1 fully saturated rings. The van der Waals surface area contributed by atoms with E-state index in [0.29, 0.717) is 10.7 Å². The molecule has 0 unspecified atom stereocenters. The molecule has 2 aromatic heterocycles. The van der Waals surface area contributed by atoms with Gasteiger partial charge in [-0.15, -0.1) is 5.10 Å². The first-order valence-corrected chi connectivity index (χ1v) is 10.0. The van der Waals surface area contributed by atoms with E-state index >= 15 is 0 Å². The molecule has 1 aromatic carbocycles. The lowest BCUT2D eigenvalue weighted by Crippen LogP contribution is -2.36. The third-order valence-corrected chi connectivity index (χ3v) is 5.47. The summed E-state index contributed by atoms with van der Waals surface area (Å²) in [6.45, 7) is 0. The molecule has 4 rings (SSSR count). The van der Waals surface area contributed by atoms with Crippen LogP contribution in [0.4, 0.5) is 0 Å². The Bertz CT molecular complexity index is 1030. The number of aromatic amines is 1. The molecule has 1 saturated carbocycles. The fourth-order valence-electron chi connectivity index (χ4n) is 3.71. The molecule has 0 saturated heterocycles. The number of halogens is 1. The first-order chi connectivity index (χ1) is 13.6. The zero-order chi connectivity index (χ0) is 19.5. The minimum absolute atomic E-state index is 0.0611. The monoisotopic (exact) mass is 399 g/mol. The lowest BCUT2D eigenvalue weighted by Gasteiger charge is -2.20. The first kappa shape index (κ1) is 18.7. The molecular formula is C20H22ClN5O2. The van der Waals surface area contributed by atoms with Crippen molar-refractivity contribution in [2.45, 2.75) is 51.0 Å². The van der Waals surface area contributed by atoms with Gasteiger partial charge in [0, 0.05) is 11.1 Å². The van der Waals surface area contributed by atoms with Crippen molar-refractivity contribution in [2.75, 3.05) is 0 Å². The number of rotatable bonds is 3. The smallest absolute Gasteiger partial charge is 0.276 e. The molecule has 1 aliphatic carbocycles. The van der Waals surface area contributed by atoms with Crippen molar-refractivity contribution in [3.63, 3.8) is 0 Å². The van der Waals surface area contributed by atoms with Crippen molar-refractivity contribution in [1.29, 1.82) is 0 Å². The molecule has 8 heteroatoms. The topological polar surface area (TPSA) is 92.2 Å². The standard InChI is InChI=1S/C20H22ClN5O2/c21-14-10-8-13(9-11-14)16-12-26-18(20(28)23-16)17(24-25-26)19(27)22-15-6-4-2-1-3-5-7-15/h8-12,15H,1-7H2,(H,22,27)(H,23,28). The lowest BCUT2D eigenvalue weighted by molar-refractivity contribution is 0.0927. The summed E-state index contributed by atoms with van der Waals surface area (Å²) in [7, 11) is 0. The van der Waals surface area contributed by atoms with E-state index < -0.39 is 5.56 Å². The van der Waals surface area contributed by atoms with Gasteiger partial charge in [-0.1, -0.05) is 61.1 Å². The Labute approximate surface area is 167 Å². The minimum Gasteiger partial charge on any atom is -0.348 e. The normalized spacial score (nSPS) is 15.9. The number of nitrogens with zero attached hydrogens (tertiary/aromatic N) is 3. The minimum atomic E-state index is -0.403. The van der Waals surface area contributed by atoms with Crippen LogP contribution in [0.15, 0.2) is 35.3 Å². The maximum atomic E-state index is 12.7. The van der Waals surface area contributed by atoms with Crippen LogP contribution in [0.2, 0.25) is 5.02 Å². The molecule has 1 amide bonds. The summed E-state index contributed by atoms with van der Waals surface area (Å²) >= 11 is 5.92. The summed E-state index contributed by atoms with van der Waals surface area (Å²) in [4.78, 5) is 28.2. The number of carbonyl (C=O) groups is 1. The highest BCUT2D eigenvalue weighted by atomic mass is 35.5. The van der Waals surface area contributed by atoms with Gasteiger partial charge in [-0.2, -0.15) is 0 Å². The number of fused-ring (bicyclic) bond motifs is 1. The maximum absolute atomic E-state index is 12.7. The van der Waals surface area contributed by atoms with Crippen LogP contribution >= 0.6 is 11.6 Å². The molecule has 1 aliphatic rings. The summed E-state index contributed by atoms with van der Waals surface area (Å²) in [6, 6.07) is 7.22. The molecule has 146 valence electrons. The number of H-pyrrole nitrogens is 1. The number of hydrogen-bond acceptors (Lipinski definition) is 4. The van der Waals surface area contributed by atoms with E-state index in [1.165, 1.54) is 23.8 Å². The first-order valence-electron chi connectivity index (χ1n) is 9.67. The fourth-order valence-corrected chi connectivity index (χ4v) is 3.84. The van der Waals surface area contributed by atoms with Crippen molar-refractivity contribution in [2.24, 2.45) is 0 Å². The van der Waals surface area contributed by atoms with E-state index in [1.54, 1.807) is 30.5 Å². The Morgan fingerprint density at radius 3 is 2.50 bits per heavy atom. The van der Waals surface area contributed by atoms with Crippen molar-refractivity contribution < 1.29 is 4.79 Å². The van der Waals surface area contributed by atoms with Crippen LogP contribution in [0.5, 0.6) is 0 Å². The predicted octanol–water partition coefficient (Wildman–Crippen LogP) is 3.58. The van der Waals surface area contributed by atoms with E-state index in [9.17, 15) is 9.59 Å². The Morgan fingerprint density at radius 2 is 1.79 bits per heavy atom. The molecule has 0 radical (unpaired) electrons. The molecule has 28 heavy (non-hydrogen) atoms. The van der Waals surface area contributed by atoms with Crippen LogP contribution in [0.3, 0.4) is 0 Å². The second kappa shape index (κ2) is 8.14. The fraction of sp³-hybridized carbons (Fsp3) is 0.400.